The van der Waals surface area contributed by atoms with Gasteiger partial charge in [-0.25, -0.2) is 0 Å². The van der Waals surface area contributed by atoms with Gasteiger partial charge in [0.15, 0.2) is 17.4 Å². The topological polar surface area (TPSA) is 3.88 Å². The Kier molecular flexibility index (Phi) is 4.54. The van der Waals surface area contributed by atoms with E-state index in [4.69, 9.17) is 0 Å². The fourth-order valence-corrected chi connectivity index (χ4v) is 7.76. The molecule has 5 aliphatic rings. The molecule has 2 aromatic carbocycles. The number of fused-ring (bicyclic) bond motifs is 1. The molecule has 0 radical (unpaired) electrons. The summed E-state index contributed by atoms with van der Waals surface area (Å²) in [7, 11) is 0. The quantitative estimate of drug-likeness (QED) is 0.268. The van der Waals surface area contributed by atoms with Crippen molar-refractivity contribution < 1.29 is 4.57 Å². The molecule has 1 fully saturated rings. The zero-order valence-electron chi connectivity index (χ0n) is 21.9. The SMILES string of the molecule is CCC1(C)C2=CC3C4C=CC2(C=CC43)c2cc(-c3ccc(-c4ccccc4)cc3)cc[n+]2C1(C)CC. The van der Waals surface area contributed by atoms with E-state index in [1.54, 1.807) is 5.57 Å². The molecule has 180 valence electrons. The summed E-state index contributed by atoms with van der Waals surface area (Å²) in [4.78, 5) is 0. The van der Waals surface area contributed by atoms with Crippen LogP contribution in [0.5, 0.6) is 0 Å². The van der Waals surface area contributed by atoms with Gasteiger partial charge in [0.05, 0.1) is 5.41 Å². The third-order valence-electron chi connectivity index (χ3n) is 10.6. The Morgan fingerprint density at radius 3 is 1.92 bits per heavy atom. The van der Waals surface area contributed by atoms with Gasteiger partial charge in [-0.15, -0.1) is 0 Å². The molecule has 1 nitrogen and oxygen atoms in total. The number of nitrogens with zero attached hydrogens (tertiary/aromatic N) is 1. The van der Waals surface area contributed by atoms with Crippen molar-refractivity contribution in [3.05, 3.63) is 115 Å². The highest BCUT2D eigenvalue weighted by molar-refractivity contribution is 5.71. The molecule has 4 atom stereocenters. The van der Waals surface area contributed by atoms with E-state index in [0.717, 1.165) is 12.8 Å². The van der Waals surface area contributed by atoms with Crippen molar-refractivity contribution in [3.63, 3.8) is 0 Å². The van der Waals surface area contributed by atoms with Gasteiger partial charge in [-0.1, -0.05) is 98.8 Å². The molecule has 0 amide bonds. The lowest BCUT2D eigenvalue weighted by atomic mass is 9.53. The van der Waals surface area contributed by atoms with Crippen molar-refractivity contribution in [1.82, 2.24) is 0 Å². The smallest absolute Gasteiger partial charge is 0.195 e. The Morgan fingerprint density at radius 2 is 1.31 bits per heavy atom. The number of hydrogen-bond acceptors (Lipinski definition) is 0. The third-order valence-corrected chi connectivity index (χ3v) is 10.6. The van der Waals surface area contributed by atoms with Gasteiger partial charge >= 0.3 is 0 Å². The van der Waals surface area contributed by atoms with Crippen LogP contribution in [0.2, 0.25) is 0 Å². The van der Waals surface area contributed by atoms with Crippen LogP contribution in [-0.4, -0.2) is 0 Å². The van der Waals surface area contributed by atoms with Gasteiger partial charge < -0.3 is 0 Å². The summed E-state index contributed by atoms with van der Waals surface area (Å²) in [6, 6.07) is 24.6. The summed E-state index contributed by atoms with van der Waals surface area (Å²) in [5.74, 6) is 2.06. The summed E-state index contributed by atoms with van der Waals surface area (Å²) in [6.45, 7) is 9.80. The molecular formula is C35H36N+. The van der Waals surface area contributed by atoms with Gasteiger partial charge in [0.1, 0.15) is 5.41 Å². The number of rotatable bonds is 4. The van der Waals surface area contributed by atoms with Crippen LogP contribution in [0.4, 0.5) is 0 Å². The van der Waals surface area contributed by atoms with Gasteiger partial charge in [0.25, 0.3) is 0 Å². The van der Waals surface area contributed by atoms with Crippen molar-refractivity contribution in [1.29, 1.82) is 0 Å². The Hall–Kier alpha value is -3.19. The zero-order chi connectivity index (χ0) is 24.7. The van der Waals surface area contributed by atoms with E-state index in [1.165, 1.54) is 27.9 Å². The molecule has 1 heteroatoms. The van der Waals surface area contributed by atoms with Crippen LogP contribution in [0.1, 0.15) is 46.2 Å². The molecule has 2 heterocycles. The molecule has 1 spiro atoms. The van der Waals surface area contributed by atoms with E-state index in [1.807, 2.05) is 0 Å². The second-order valence-electron chi connectivity index (χ2n) is 11.8. The second-order valence-corrected chi connectivity index (χ2v) is 11.8. The van der Waals surface area contributed by atoms with Crippen molar-refractivity contribution in [2.45, 2.75) is 51.5 Å². The van der Waals surface area contributed by atoms with Crippen LogP contribution in [0.15, 0.2) is 109 Å². The van der Waals surface area contributed by atoms with E-state index in [2.05, 4.69) is 136 Å². The molecule has 4 aliphatic carbocycles. The second kappa shape index (κ2) is 7.42. The van der Waals surface area contributed by atoms with Crippen molar-refractivity contribution >= 4 is 0 Å². The molecule has 0 saturated heterocycles. The summed E-state index contributed by atoms with van der Waals surface area (Å²) < 4.78 is 2.64. The Bertz CT molecular complexity index is 1420. The molecule has 1 saturated carbocycles. The van der Waals surface area contributed by atoms with Crippen molar-refractivity contribution in [2.75, 3.05) is 0 Å². The van der Waals surface area contributed by atoms with Crippen LogP contribution in [-0.2, 0) is 11.0 Å². The van der Waals surface area contributed by atoms with E-state index in [0.29, 0.717) is 17.8 Å². The highest BCUT2D eigenvalue weighted by Crippen LogP contribution is 2.64. The third kappa shape index (κ3) is 2.69. The predicted molar refractivity (Wildman–Crippen MR) is 148 cm³/mol. The van der Waals surface area contributed by atoms with Gasteiger partial charge in [0.2, 0.25) is 0 Å². The minimum Gasteiger partial charge on any atom is -0.195 e. The van der Waals surface area contributed by atoms with Crippen LogP contribution < -0.4 is 4.57 Å². The normalized spacial score (nSPS) is 34.9. The van der Waals surface area contributed by atoms with Crippen LogP contribution in [0.3, 0.4) is 0 Å². The first-order valence-electron chi connectivity index (χ1n) is 13.8. The van der Waals surface area contributed by atoms with E-state index >= 15 is 0 Å². The molecular weight excluding hydrogens is 434 g/mol. The number of benzene rings is 2. The number of hydrogen-bond donors (Lipinski definition) is 0. The summed E-state index contributed by atoms with van der Waals surface area (Å²) in [5.41, 5.74) is 8.13. The molecule has 36 heavy (non-hydrogen) atoms. The maximum atomic E-state index is 2.71. The molecule has 3 aromatic rings. The van der Waals surface area contributed by atoms with E-state index in [-0.39, 0.29) is 16.4 Å². The monoisotopic (exact) mass is 470 g/mol. The van der Waals surface area contributed by atoms with Crippen LogP contribution in [0.25, 0.3) is 22.3 Å². The fraction of sp³-hybridized carbons (Fsp3) is 0.343. The molecule has 1 aromatic heterocycles. The zero-order valence-corrected chi connectivity index (χ0v) is 21.9. The summed E-state index contributed by atoms with van der Waals surface area (Å²) in [6.07, 6.45) is 17.5. The average Bonchev–Trinajstić information content (AvgIpc) is 3.70. The predicted octanol–water partition coefficient (Wildman–Crippen LogP) is 8.03. The Balaban J connectivity index is 1.42. The maximum Gasteiger partial charge on any atom is 0.200 e. The lowest BCUT2D eigenvalue weighted by Crippen LogP contribution is -2.71. The lowest BCUT2D eigenvalue weighted by Gasteiger charge is -2.52. The largest absolute Gasteiger partial charge is 0.200 e. The molecule has 0 N–H and O–H groups in total. The lowest BCUT2D eigenvalue weighted by molar-refractivity contribution is -0.788. The Morgan fingerprint density at radius 1 is 0.694 bits per heavy atom. The van der Waals surface area contributed by atoms with Gasteiger partial charge in [-0.05, 0) is 58.9 Å². The van der Waals surface area contributed by atoms with E-state index < -0.39 is 0 Å². The molecule has 1 aliphatic heterocycles. The first-order chi connectivity index (χ1) is 17.4. The highest BCUT2D eigenvalue weighted by Gasteiger charge is 2.66. The van der Waals surface area contributed by atoms with Crippen LogP contribution >= 0.6 is 0 Å². The van der Waals surface area contributed by atoms with Gasteiger partial charge in [-0.3, -0.25) is 0 Å². The van der Waals surface area contributed by atoms with Gasteiger partial charge in [0, 0.05) is 25.5 Å². The molecule has 4 bridgehead atoms. The Labute approximate surface area is 215 Å². The average molecular weight is 471 g/mol. The summed E-state index contributed by atoms with van der Waals surface area (Å²) in [5, 5.41) is 0. The number of pyridine rings is 1. The fourth-order valence-electron chi connectivity index (χ4n) is 7.76. The maximum absolute atomic E-state index is 2.71. The standard InChI is InChI=1S/C35H36N/c1-5-33(3)31-23-30-28-16-19-35(31,20-17-29(28)30)32-22-27(18-21-36(32)34(33,4)6-2)26-14-12-25(13-15-26)24-10-8-7-9-11-24/h7-23,28-30H,5-6H2,1-4H3/q+1. The van der Waals surface area contributed by atoms with Crippen molar-refractivity contribution in [2.24, 2.45) is 23.2 Å². The highest BCUT2D eigenvalue weighted by atomic mass is 15.1. The first-order valence-corrected chi connectivity index (χ1v) is 13.8. The van der Waals surface area contributed by atoms with Crippen LogP contribution in [0, 0.1) is 23.2 Å². The summed E-state index contributed by atoms with van der Waals surface area (Å²) >= 11 is 0. The van der Waals surface area contributed by atoms with E-state index in [9.17, 15) is 0 Å². The minimum absolute atomic E-state index is 0.0261. The van der Waals surface area contributed by atoms with Crippen molar-refractivity contribution in [3.8, 4) is 22.3 Å². The molecule has 4 unspecified atom stereocenters. The number of allylic oxidation sites excluding steroid dienone is 6. The molecule has 8 rings (SSSR count). The number of aromatic nitrogens is 1. The first kappa shape index (κ1) is 22.0. The van der Waals surface area contributed by atoms with Gasteiger partial charge in [-0.2, -0.15) is 4.57 Å². The minimum atomic E-state index is -0.155.